The van der Waals surface area contributed by atoms with Crippen molar-refractivity contribution in [3.63, 3.8) is 0 Å². The molecular formula is C19H21ClN2O2. The van der Waals surface area contributed by atoms with Crippen molar-refractivity contribution in [3.8, 4) is 0 Å². The van der Waals surface area contributed by atoms with E-state index in [0.29, 0.717) is 11.6 Å². The highest BCUT2D eigenvalue weighted by Gasteiger charge is 2.16. The second-order valence-corrected chi connectivity index (χ2v) is 5.93. The van der Waals surface area contributed by atoms with Gasteiger partial charge in [-0.2, -0.15) is 0 Å². The summed E-state index contributed by atoms with van der Waals surface area (Å²) in [5.41, 5.74) is 2.66. The Kier molecular flexibility index (Phi) is 6.38. The molecule has 0 bridgehead atoms. The van der Waals surface area contributed by atoms with Gasteiger partial charge in [0.2, 0.25) is 11.8 Å². The number of carbonyl (C=O) groups excluding carboxylic acids is 2. The summed E-state index contributed by atoms with van der Waals surface area (Å²) >= 11 is 6.14. The third-order valence-corrected chi connectivity index (χ3v) is 4.14. The van der Waals surface area contributed by atoms with Gasteiger partial charge in [-0.3, -0.25) is 9.59 Å². The number of nitrogens with one attached hydrogen (secondary N) is 1. The minimum atomic E-state index is -0.224. The molecule has 126 valence electrons. The van der Waals surface area contributed by atoms with Crippen LogP contribution < -0.4 is 5.32 Å². The first-order chi connectivity index (χ1) is 11.5. The van der Waals surface area contributed by atoms with E-state index in [2.05, 4.69) is 5.32 Å². The van der Waals surface area contributed by atoms with Gasteiger partial charge in [0.15, 0.2) is 0 Å². The number of nitrogens with zero attached hydrogens (tertiary/aromatic N) is 1. The molecule has 0 saturated heterocycles. The lowest BCUT2D eigenvalue weighted by Gasteiger charge is -2.21. The second kappa shape index (κ2) is 8.50. The summed E-state index contributed by atoms with van der Waals surface area (Å²) in [6.45, 7) is 3.77. The van der Waals surface area contributed by atoms with Gasteiger partial charge in [0, 0.05) is 24.2 Å². The molecule has 0 aliphatic heterocycles. The van der Waals surface area contributed by atoms with Gasteiger partial charge in [0.05, 0.1) is 0 Å². The molecule has 24 heavy (non-hydrogen) atoms. The molecule has 0 fully saturated rings. The lowest BCUT2D eigenvalue weighted by Crippen LogP contribution is -2.36. The minimum absolute atomic E-state index is 0.0153. The maximum atomic E-state index is 12.3. The summed E-state index contributed by atoms with van der Waals surface area (Å²) in [6.07, 6.45) is 0.826. The average molecular weight is 345 g/mol. The lowest BCUT2D eigenvalue weighted by atomic mass is 10.1. The molecule has 0 aliphatic carbocycles. The molecule has 2 amide bonds. The number of amides is 2. The van der Waals surface area contributed by atoms with Crippen LogP contribution in [0, 0.1) is 0 Å². The van der Waals surface area contributed by atoms with Crippen molar-refractivity contribution < 1.29 is 9.59 Å². The van der Waals surface area contributed by atoms with Gasteiger partial charge in [0.1, 0.15) is 6.54 Å². The van der Waals surface area contributed by atoms with Crippen molar-refractivity contribution >= 4 is 29.1 Å². The van der Waals surface area contributed by atoms with Gasteiger partial charge in [-0.25, -0.2) is 0 Å². The van der Waals surface area contributed by atoms with Crippen molar-refractivity contribution in [1.29, 1.82) is 0 Å². The second-order valence-electron chi connectivity index (χ2n) is 5.53. The molecule has 5 heteroatoms. The highest BCUT2D eigenvalue weighted by molar-refractivity contribution is 6.31. The number of anilines is 1. The quantitative estimate of drug-likeness (QED) is 0.864. The number of halogens is 1. The lowest BCUT2D eigenvalue weighted by molar-refractivity contribution is -0.133. The van der Waals surface area contributed by atoms with Crippen LogP contribution in [-0.2, 0) is 22.6 Å². The van der Waals surface area contributed by atoms with Gasteiger partial charge in [-0.1, -0.05) is 54.9 Å². The monoisotopic (exact) mass is 344 g/mol. The Labute approximate surface area is 147 Å². The van der Waals surface area contributed by atoms with Crippen molar-refractivity contribution in [2.45, 2.75) is 26.8 Å². The van der Waals surface area contributed by atoms with E-state index in [0.717, 1.165) is 23.2 Å². The van der Waals surface area contributed by atoms with Crippen molar-refractivity contribution in [2.75, 3.05) is 11.9 Å². The Morgan fingerprint density at radius 3 is 2.29 bits per heavy atom. The molecule has 0 unspecified atom stereocenters. The van der Waals surface area contributed by atoms with Crippen LogP contribution in [0.5, 0.6) is 0 Å². The van der Waals surface area contributed by atoms with Crippen molar-refractivity contribution in [2.24, 2.45) is 0 Å². The summed E-state index contributed by atoms with van der Waals surface area (Å²) in [5, 5.41) is 3.47. The number of aryl methyl sites for hydroxylation is 1. The Hall–Kier alpha value is -2.33. The fourth-order valence-electron chi connectivity index (χ4n) is 2.42. The van der Waals surface area contributed by atoms with Crippen LogP contribution in [0.1, 0.15) is 25.0 Å². The molecular weight excluding hydrogens is 324 g/mol. The summed E-state index contributed by atoms with van der Waals surface area (Å²) in [4.78, 5) is 25.7. The average Bonchev–Trinajstić information content (AvgIpc) is 2.56. The molecule has 1 N–H and O–H groups in total. The van der Waals surface area contributed by atoms with E-state index in [9.17, 15) is 9.59 Å². The van der Waals surface area contributed by atoms with Gasteiger partial charge in [-0.05, 0) is 29.7 Å². The van der Waals surface area contributed by atoms with Crippen molar-refractivity contribution in [1.82, 2.24) is 4.90 Å². The van der Waals surface area contributed by atoms with Gasteiger partial charge >= 0.3 is 0 Å². The molecule has 0 aliphatic rings. The molecule has 2 aromatic rings. The maximum absolute atomic E-state index is 12.3. The predicted octanol–water partition coefficient (Wildman–Crippen LogP) is 3.89. The number of benzene rings is 2. The first-order valence-electron chi connectivity index (χ1n) is 7.88. The van der Waals surface area contributed by atoms with Crippen LogP contribution in [0.3, 0.4) is 0 Å². The Morgan fingerprint density at radius 2 is 1.67 bits per heavy atom. The summed E-state index contributed by atoms with van der Waals surface area (Å²) in [7, 11) is 0. The van der Waals surface area contributed by atoms with Crippen molar-refractivity contribution in [3.05, 3.63) is 64.7 Å². The standard InChI is InChI=1S/C19H21ClN2O2/c1-3-15-8-5-7-11-18(15)21-19(24)13-22(14(2)23)12-16-9-4-6-10-17(16)20/h4-11H,3,12-13H2,1-2H3,(H,21,24). The first kappa shape index (κ1) is 18.0. The fourth-order valence-corrected chi connectivity index (χ4v) is 2.62. The zero-order valence-electron chi connectivity index (χ0n) is 13.9. The molecule has 0 aromatic heterocycles. The number of hydrogen-bond donors (Lipinski definition) is 1. The zero-order valence-corrected chi connectivity index (χ0v) is 14.6. The van der Waals surface area contributed by atoms with Gasteiger partial charge < -0.3 is 10.2 Å². The largest absolute Gasteiger partial charge is 0.329 e. The Morgan fingerprint density at radius 1 is 1.04 bits per heavy atom. The van der Waals surface area contributed by atoms with E-state index >= 15 is 0 Å². The van der Waals surface area contributed by atoms with Crippen LogP contribution >= 0.6 is 11.6 Å². The first-order valence-corrected chi connectivity index (χ1v) is 8.25. The third-order valence-electron chi connectivity index (χ3n) is 3.77. The van der Waals surface area contributed by atoms with E-state index < -0.39 is 0 Å². The molecule has 0 atom stereocenters. The predicted molar refractivity (Wildman–Crippen MR) is 97.0 cm³/mol. The molecule has 4 nitrogen and oxygen atoms in total. The van der Waals surface area contributed by atoms with Crippen LogP contribution in [0.2, 0.25) is 5.02 Å². The maximum Gasteiger partial charge on any atom is 0.244 e. The smallest absolute Gasteiger partial charge is 0.244 e. The molecule has 2 rings (SSSR count). The van der Waals surface area contributed by atoms with Crippen LogP contribution in [-0.4, -0.2) is 23.3 Å². The molecule has 0 heterocycles. The van der Waals surface area contributed by atoms with Crippen LogP contribution in [0.25, 0.3) is 0 Å². The SMILES string of the molecule is CCc1ccccc1NC(=O)CN(Cc1ccccc1Cl)C(C)=O. The highest BCUT2D eigenvalue weighted by atomic mass is 35.5. The minimum Gasteiger partial charge on any atom is -0.329 e. The molecule has 2 aromatic carbocycles. The van der Waals surface area contributed by atoms with E-state index in [1.165, 1.54) is 11.8 Å². The molecule has 0 saturated carbocycles. The van der Waals surface area contributed by atoms with Gasteiger partial charge in [-0.15, -0.1) is 0 Å². The fraction of sp³-hybridized carbons (Fsp3) is 0.263. The summed E-state index contributed by atoms with van der Waals surface area (Å²) in [6, 6.07) is 15.0. The summed E-state index contributed by atoms with van der Waals surface area (Å²) < 4.78 is 0. The Bertz CT molecular complexity index is 731. The zero-order chi connectivity index (χ0) is 17.5. The Balaban J connectivity index is 2.06. The summed E-state index contributed by atoms with van der Waals surface area (Å²) in [5.74, 6) is -0.396. The van der Waals surface area contributed by atoms with Crippen LogP contribution in [0.4, 0.5) is 5.69 Å². The number of para-hydroxylation sites is 1. The number of rotatable bonds is 6. The topological polar surface area (TPSA) is 49.4 Å². The molecule has 0 spiro atoms. The number of carbonyl (C=O) groups is 2. The highest BCUT2D eigenvalue weighted by Crippen LogP contribution is 2.18. The number of hydrogen-bond acceptors (Lipinski definition) is 2. The molecule has 0 radical (unpaired) electrons. The van der Waals surface area contributed by atoms with E-state index in [-0.39, 0.29) is 18.4 Å². The van der Waals surface area contributed by atoms with E-state index in [1.54, 1.807) is 6.07 Å². The third kappa shape index (κ3) is 4.83. The normalized spacial score (nSPS) is 10.3. The van der Waals surface area contributed by atoms with Crippen LogP contribution in [0.15, 0.2) is 48.5 Å². The van der Waals surface area contributed by atoms with E-state index in [1.807, 2.05) is 49.4 Å². The van der Waals surface area contributed by atoms with Gasteiger partial charge in [0.25, 0.3) is 0 Å². The van der Waals surface area contributed by atoms with E-state index in [4.69, 9.17) is 11.6 Å².